The normalized spacial score (nSPS) is 17.2. The number of carbonyl (C=O) groups excluding carboxylic acids is 2. The molecule has 1 fully saturated rings. The predicted octanol–water partition coefficient (Wildman–Crippen LogP) is 2.59. The molecule has 0 aliphatic carbocycles. The number of hydrogen-bond donors (Lipinski definition) is 2. The Bertz CT molecular complexity index is 768. The van der Waals surface area contributed by atoms with Gasteiger partial charge in [-0.05, 0) is 38.8 Å². The molecule has 3 rings (SSSR count). The summed E-state index contributed by atoms with van der Waals surface area (Å²) < 4.78 is 5.19. The van der Waals surface area contributed by atoms with Crippen LogP contribution in [0.4, 0.5) is 0 Å². The van der Waals surface area contributed by atoms with E-state index in [0.29, 0.717) is 24.3 Å². The molecular formula is C18H21N3O3S. The number of thioether (sulfide) groups is 1. The summed E-state index contributed by atoms with van der Waals surface area (Å²) in [4.78, 5) is 25.4. The standard InChI is InChI=1S/C18H21N3O3S/c1-11-14(12(2)24-21-11)10-25-16-8-4-3-6-13(16)17(22)20-15-7-5-9-19-18(15)23/h3-4,6,8,15H,5,7,9-10H2,1-2H3,(H,19,23)(H,20,22). The fourth-order valence-electron chi connectivity index (χ4n) is 2.78. The van der Waals surface area contributed by atoms with Crippen LogP contribution in [0.25, 0.3) is 0 Å². The van der Waals surface area contributed by atoms with E-state index < -0.39 is 6.04 Å². The number of carbonyl (C=O) groups is 2. The summed E-state index contributed by atoms with van der Waals surface area (Å²) in [6.45, 7) is 4.47. The molecule has 2 N–H and O–H groups in total. The van der Waals surface area contributed by atoms with Crippen molar-refractivity contribution in [2.24, 2.45) is 0 Å². The van der Waals surface area contributed by atoms with Gasteiger partial charge in [-0.1, -0.05) is 17.3 Å². The summed E-state index contributed by atoms with van der Waals surface area (Å²) in [5.41, 5.74) is 2.50. The molecule has 132 valence electrons. The third-order valence-corrected chi connectivity index (χ3v) is 5.38. The lowest BCUT2D eigenvalue weighted by Gasteiger charge is -2.23. The van der Waals surface area contributed by atoms with Crippen LogP contribution >= 0.6 is 11.8 Å². The molecule has 2 aromatic rings. The van der Waals surface area contributed by atoms with Crippen LogP contribution in [0.3, 0.4) is 0 Å². The average Bonchev–Trinajstić information content (AvgIpc) is 2.93. The van der Waals surface area contributed by atoms with Crippen molar-refractivity contribution in [2.45, 2.75) is 43.4 Å². The Kier molecular flexibility index (Phi) is 5.43. The van der Waals surface area contributed by atoms with E-state index in [4.69, 9.17) is 4.52 Å². The molecule has 2 amide bonds. The largest absolute Gasteiger partial charge is 0.361 e. The Hall–Kier alpha value is -2.28. The Morgan fingerprint density at radius 3 is 2.92 bits per heavy atom. The number of rotatable bonds is 5. The molecule has 0 bridgehead atoms. The monoisotopic (exact) mass is 359 g/mol. The number of amides is 2. The van der Waals surface area contributed by atoms with Crippen LogP contribution in [0.5, 0.6) is 0 Å². The molecule has 0 spiro atoms. The highest BCUT2D eigenvalue weighted by Crippen LogP contribution is 2.28. The lowest BCUT2D eigenvalue weighted by molar-refractivity contribution is -0.124. The van der Waals surface area contributed by atoms with E-state index in [-0.39, 0.29) is 11.8 Å². The van der Waals surface area contributed by atoms with Crippen molar-refractivity contribution >= 4 is 23.6 Å². The molecule has 6 nitrogen and oxygen atoms in total. The minimum absolute atomic E-state index is 0.111. The number of nitrogens with one attached hydrogen (secondary N) is 2. The van der Waals surface area contributed by atoms with E-state index in [1.807, 2.05) is 32.0 Å². The molecular weight excluding hydrogens is 338 g/mol. The molecule has 1 saturated heterocycles. The van der Waals surface area contributed by atoms with Crippen LogP contribution in [0.1, 0.15) is 40.2 Å². The molecule has 2 heterocycles. The van der Waals surface area contributed by atoms with Crippen molar-refractivity contribution in [3.63, 3.8) is 0 Å². The maximum absolute atomic E-state index is 12.6. The van der Waals surface area contributed by atoms with Gasteiger partial charge in [0.05, 0.1) is 11.3 Å². The van der Waals surface area contributed by atoms with Crippen molar-refractivity contribution in [2.75, 3.05) is 6.54 Å². The second-order valence-corrected chi connectivity index (χ2v) is 7.06. The van der Waals surface area contributed by atoms with E-state index in [2.05, 4.69) is 15.8 Å². The summed E-state index contributed by atoms with van der Waals surface area (Å²) in [5, 5.41) is 9.59. The molecule has 7 heteroatoms. The van der Waals surface area contributed by atoms with Gasteiger partial charge in [0.15, 0.2) is 0 Å². The molecule has 0 radical (unpaired) electrons. The molecule has 1 unspecified atom stereocenters. The summed E-state index contributed by atoms with van der Waals surface area (Å²) in [5.74, 6) is 1.14. The highest BCUT2D eigenvalue weighted by Gasteiger charge is 2.25. The molecule has 1 aliphatic rings. The quantitative estimate of drug-likeness (QED) is 0.802. The highest BCUT2D eigenvalue weighted by molar-refractivity contribution is 7.98. The van der Waals surface area contributed by atoms with E-state index in [1.54, 1.807) is 17.8 Å². The Labute approximate surface area is 150 Å². The van der Waals surface area contributed by atoms with Gasteiger partial charge >= 0.3 is 0 Å². The fraction of sp³-hybridized carbons (Fsp3) is 0.389. The summed E-state index contributed by atoms with van der Waals surface area (Å²) in [7, 11) is 0. The first-order chi connectivity index (χ1) is 12.1. The van der Waals surface area contributed by atoms with Gasteiger partial charge in [-0.15, -0.1) is 11.8 Å². The fourth-order valence-corrected chi connectivity index (χ4v) is 3.99. The second kappa shape index (κ2) is 7.74. The van der Waals surface area contributed by atoms with Crippen molar-refractivity contribution in [1.82, 2.24) is 15.8 Å². The van der Waals surface area contributed by atoms with E-state index in [0.717, 1.165) is 28.3 Å². The third-order valence-electron chi connectivity index (χ3n) is 4.28. The topological polar surface area (TPSA) is 84.2 Å². The zero-order valence-electron chi connectivity index (χ0n) is 14.3. The number of hydrogen-bond acceptors (Lipinski definition) is 5. The van der Waals surface area contributed by atoms with Gasteiger partial charge in [0.1, 0.15) is 11.8 Å². The van der Waals surface area contributed by atoms with Crippen molar-refractivity contribution in [3.8, 4) is 0 Å². The summed E-state index contributed by atoms with van der Waals surface area (Å²) >= 11 is 1.56. The summed E-state index contributed by atoms with van der Waals surface area (Å²) in [6.07, 6.45) is 1.55. The van der Waals surface area contributed by atoms with E-state index >= 15 is 0 Å². The molecule has 1 aromatic carbocycles. The zero-order valence-corrected chi connectivity index (χ0v) is 15.1. The van der Waals surface area contributed by atoms with Crippen molar-refractivity contribution in [3.05, 3.63) is 46.8 Å². The number of aromatic nitrogens is 1. The number of benzene rings is 1. The van der Waals surface area contributed by atoms with Gasteiger partial charge in [-0.25, -0.2) is 0 Å². The van der Waals surface area contributed by atoms with Crippen LogP contribution in [0, 0.1) is 13.8 Å². The Morgan fingerprint density at radius 2 is 2.20 bits per heavy atom. The number of piperidine rings is 1. The van der Waals surface area contributed by atoms with Crippen LogP contribution < -0.4 is 10.6 Å². The predicted molar refractivity (Wildman–Crippen MR) is 95.5 cm³/mol. The van der Waals surface area contributed by atoms with Crippen LogP contribution in [-0.2, 0) is 10.5 Å². The number of nitrogens with zero attached hydrogens (tertiary/aromatic N) is 1. The minimum atomic E-state index is -0.457. The first kappa shape index (κ1) is 17.5. The minimum Gasteiger partial charge on any atom is -0.361 e. The van der Waals surface area contributed by atoms with Gasteiger partial charge in [-0.2, -0.15) is 0 Å². The summed E-state index contributed by atoms with van der Waals surface area (Å²) in [6, 6.07) is 6.97. The number of aryl methyl sites for hydroxylation is 2. The molecule has 0 saturated carbocycles. The highest BCUT2D eigenvalue weighted by atomic mass is 32.2. The van der Waals surface area contributed by atoms with Crippen molar-refractivity contribution in [1.29, 1.82) is 0 Å². The first-order valence-electron chi connectivity index (χ1n) is 8.28. The van der Waals surface area contributed by atoms with E-state index in [1.165, 1.54) is 0 Å². The lowest BCUT2D eigenvalue weighted by Crippen LogP contribution is -2.50. The lowest BCUT2D eigenvalue weighted by atomic mass is 10.1. The average molecular weight is 359 g/mol. The Morgan fingerprint density at radius 1 is 1.40 bits per heavy atom. The van der Waals surface area contributed by atoms with Crippen LogP contribution in [-0.4, -0.2) is 29.6 Å². The van der Waals surface area contributed by atoms with Gasteiger partial charge in [0.25, 0.3) is 5.91 Å². The molecule has 25 heavy (non-hydrogen) atoms. The second-order valence-electron chi connectivity index (χ2n) is 6.05. The van der Waals surface area contributed by atoms with Gasteiger partial charge in [0.2, 0.25) is 5.91 Å². The Balaban J connectivity index is 1.71. The van der Waals surface area contributed by atoms with Gasteiger partial charge in [-0.3, -0.25) is 9.59 Å². The first-order valence-corrected chi connectivity index (χ1v) is 9.27. The van der Waals surface area contributed by atoms with Crippen LogP contribution in [0.2, 0.25) is 0 Å². The molecule has 1 aromatic heterocycles. The van der Waals surface area contributed by atoms with Gasteiger partial charge in [0, 0.05) is 22.8 Å². The molecule has 1 atom stereocenters. The maximum atomic E-state index is 12.6. The zero-order chi connectivity index (χ0) is 17.8. The molecule has 1 aliphatic heterocycles. The van der Waals surface area contributed by atoms with E-state index in [9.17, 15) is 9.59 Å². The SMILES string of the molecule is Cc1noc(C)c1CSc1ccccc1C(=O)NC1CCCNC1=O. The maximum Gasteiger partial charge on any atom is 0.253 e. The smallest absolute Gasteiger partial charge is 0.253 e. The van der Waals surface area contributed by atoms with Crippen LogP contribution in [0.15, 0.2) is 33.7 Å². The third kappa shape index (κ3) is 4.04. The van der Waals surface area contributed by atoms with Crippen molar-refractivity contribution < 1.29 is 14.1 Å². The van der Waals surface area contributed by atoms with Gasteiger partial charge < -0.3 is 15.2 Å².